The highest BCUT2D eigenvalue weighted by Gasteiger charge is 2.31. The molecular weight excluding hydrogens is 417 g/mol. The highest BCUT2D eigenvalue weighted by molar-refractivity contribution is 5.80. The van der Waals surface area contributed by atoms with Gasteiger partial charge in [-0.2, -0.15) is 13.2 Å². The first-order valence-corrected chi connectivity index (χ1v) is 10.4. The van der Waals surface area contributed by atoms with Crippen LogP contribution in [0.4, 0.5) is 18.9 Å². The first kappa shape index (κ1) is 23.4. The Bertz CT molecular complexity index is 1040. The molecular formula is C25H27F3N2O2. The van der Waals surface area contributed by atoms with Gasteiger partial charge in [-0.1, -0.05) is 44.2 Å². The lowest BCUT2D eigenvalue weighted by molar-refractivity contribution is -0.149. The number of esters is 1. The van der Waals surface area contributed by atoms with Gasteiger partial charge in [0.15, 0.2) is 6.73 Å². The Morgan fingerprint density at radius 1 is 1.06 bits per heavy atom. The third kappa shape index (κ3) is 6.15. The highest BCUT2D eigenvalue weighted by Crippen LogP contribution is 2.32. The molecule has 0 aliphatic carbocycles. The number of carbonyl (C=O) groups excluding carboxylic acids is 1. The van der Waals surface area contributed by atoms with Gasteiger partial charge < -0.3 is 14.6 Å². The molecule has 32 heavy (non-hydrogen) atoms. The number of carbonyl (C=O) groups is 1. The standard InChI is InChI=1S/C25H27F3N2O2/c1-17(2)23(29-22-10-9-21(13-18(22)3)25(26,27)28)24(31)32-16-30-12-11-20(15-30)14-19-7-5-4-6-8-19/h4-13,15,17,23,29H,14,16H2,1-3H3. The van der Waals surface area contributed by atoms with E-state index in [2.05, 4.69) is 17.4 Å². The molecule has 1 aromatic heterocycles. The third-order valence-electron chi connectivity index (χ3n) is 5.20. The van der Waals surface area contributed by atoms with E-state index in [0.717, 1.165) is 24.1 Å². The molecule has 2 aromatic carbocycles. The molecule has 7 heteroatoms. The molecule has 0 aliphatic rings. The van der Waals surface area contributed by atoms with Crippen molar-refractivity contribution >= 4 is 11.7 Å². The maximum atomic E-state index is 12.9. The Kier molecular flexibility index (Phi) is 7.28. The van der Waals surface area contributed by atoms with Crippen LogP contribution in [0.15, 0.2) is 67.0 Å². The SMILES string of the molecule is Cc1cc(C(F)(F)F)ccc1NC(C(=O)OCn1ccc(Cc2ccccc2)c1)C(C)C. The van der Waals surface area contributed by atoms with Gasteiger partial charge >= 0.3 is 12.1 Å². The fourth-order valence-electron chi connectivity index (χ4n) is 3.40. The second-order valence-corrected chi connectivity index (χ2v) is 8.18. The average Bonchev–Trinajstić information content (AvgIpc) is 3.18. The maximum absolute atomic E-state index is 12.9. The van der Waals surface area contributed by atoms with Crippen molar-refractivity contribution in [1.82, 2.24) is 4.57 Å². The largest absolute Gasteiger partial charge is 0.442 e. The zero-order chi connectivity index (χ0) is 23.3. The number of aryl methyl sites for hydroxylation is 1. The molecule has 3 aromatic rings. The molecule has 0 saturated carbocycles. The van der Waals surface area contributed by atoms with Crippen molar-refractivity contribution < 1.29 is 22.7 Å². The monoisotopic (exact) mass is 444 g/mol. The third-order valence-corrected chi connectivity index (χ3v) is 5.20. The minimum Gasteiger partial charge on any atom is -0.442 e. The van der Waals surface area contributed by atoms with Crippen LogP contribution in [0.1, 0.15) is 36.1 Å². The first-order valence-electron chi connectivity index (χ1n) is 10.4. The van der Waals surface area contributed by atoms with Crippen LogP contribution in [-0.2, 0) is 28.9 Å². The number of alkyl halides is 3. The number of hydrogen-bond donors (Lipinski definition) is 1. The lowest BCUT2D eigenvalue weighted by Gasteiger charge is -2.23. The van der Waals surface area contributed by atoms with Crippen molar-refractivity contribution in [2.45, 2.75) is 46.1 Å². The molecule has 3 rings (SSSR count). The topological polar surface area (TPSA) is 43.3 Å². The summed E-state index contributed by atoms with van der Waals surface area (Å²) in [5, 5.41) is 3.05. The summed E-state index contributed by atoms with van der Waals surface area (Å²) in [5.74, 6) is -0.583. The average molecular weight is 444 g/mol. The van der Waals surface area contributed by atoms with Gasteiger partial charge in [0.25, 0.3) is 0 Å². The van der Waals surface area contributed by atoms with Crippen LogP contribution in [0.2, 0.25) is 0 Å². The lowest BCUT2D eigenvalue weighted by Crippen LogP contribution is -2.36. The number of nitrogens with zero attached hydrogens (tertiary/aromatic N) is 1. The van der Waals surface area contributed by atoms with E-state index in [-0.39, 0.29) is 12.6 Å². The van der Waals surface area contributed by atoms with Gasteiger partial charge in [0, 0.05) is 18.1 Å². The Balaban J connectivity index is 1.61. The zero-order valence-corrected chi connectivity index (χ0v) is 18.3. The van der Waals surface area contributed by atoms with Crippen molar-refractivity contribution in [2.75, 3.05) is 5.32 Å². The normalized spacial score (nSPS) is 12.6. The maximum Gasteiger partial charge on any atom is 0.416 e. The molecule has 1 heterocycles. The van der Waals surface area contributed by atoms with Gasteiger partial charge in [-0.15, -0.1) is 0 Å². The van der Waals surface area contributed by atoms with Crippen molar-refractivity contribution in [3.8, 4) is 0 Å². The van der Waals surface area contributed by atoms with Crippen LogP contribution in [0.25, 0.3) is 0 Å². The predicted octanol–water partition coefficient (Wildman–Crippen LogP) is 6.04. The first-order chi connectivity index (χ1) is 15.1. The number of rotatable bonds is 8. The van der Waals surface area contributed by atoms with Crippen LogP contribution in [0, 0.1) is 12.8 Å². The molecule has 1 N–H and O–H groups in total. The molecule has 0 amide bonds. The van der Waals surface area contributed by atoms with Crippen LogP contribution >= 0.6 is 0 Å². The van der Waals surface area contributed by atoms with Crippen LogP contribution < -0.4 is 5.32 Å². The second kappa shape index (κ2) is 9.94. The summed E-state index contributed by atoms with van der Waals surface area (Å²) < 4.78 is 46.0. The fraction of sp³-hybridized carbons (Fsp3) is 0.320. The number of halogens is 3. The molecule has 170 valence electrons. The number of aromatic nitrogens is 1. The van der Waals surface area contributed by atoms with Gasteiger partial charge in [-0.05, 0) is 60.2 Å². The summed E-state index contributed by atoms with van der Waals surface area (Å²) in [5.41, 5.74) is 2.46. The Labute approximate surface area is 186 Å². The smallest absolute Gasteiger partial charge is 0.416 e. The van der Waals surface area contributed by atoms with Gasteiger partial charge in [0.2, 0.25) is 0 Å². The fourth-order valence-corrected chi connectivity index (χ4v) is 3.40. The number of benzene rings is 2. The molecule has 0 fully saturated rings. The van der Waals surface area contributed by atoms with Crippen molar-refractivity contribution in [3.05, 3.63) is 89.2 Å². The van der Waals surface area contributed by atoms with E-state index >= 15 is 0 Å². The van der Waals surface area contributed by atoms with Gasteiger partial charge in [-0.25, -0.2) is 4.79 Å². The quantitative estimate of drug-likeness (QED) is 0.431. The number of hydrogen-bond acceptors (Lipinski definition) is 3. The minimum absolute atomic E-state index is 0.0600. The van der Waals surface area contributed by atoms with Gasteiger partial charge in [-0.3, -0.25) is 0 Å². The molecule has 0 radical (unpaired) electrons. The van der Waals surface area contributed by atoms with E-state index in [1.165, 1.54) is 11.6 Å². The summed E-state index contributed by atoms with van der Waals surface area (Å²) in [6.07, 6.45) is 0.155. The van der Waals surface area contributed by atoms with Crippen molar-refractivity contribution in [1.29, 1.82) is 0 Å². The zero-order valence-electron chi connectivity index (χ0n) is 18.3. The second-order valence-electron chi connectivity index (χ2n) is 8.18. The Morgan fingerprint density at radius 3 is 2.41 bits per heavy atom. The van der Waals surface area contributed by atoms with Crippen LogP contribution in [0.3, 0.4) is 0 Å². The van der Waals surface area contributed by atoms with E-state index in [1.807, 2.05) is 50.5 Å². The van der Waals surface area contributed by atoms with Gasteiger partial charge in [0.05, 0.1) is 5.56 Å². The molecule has 1 atom stereocenters. The van der Waals surface area contributed by atoms with Crippen molar-refractivity contribution in [3.63, 3.8) is 0 Å². The van der Waals surface area contributed by atoms with E-state index in [4.69, 9.17) is 4.74 Å². The van der Waals surface area contributed by atoms with Crippen LogP contribution in [0.5, 0.6) is 0 Å². The number of anilines is 1. The predicted molar refractivity (Wildman–Crippen MR) is 118 cm³/mol. The Morgan fingerprint density at radius 2 is 1.78 bits per heavy atom. The van der Waals surface area contributed by atoms with Crippen molar-refractivity contribution in [2.24, 2.45) is 5.92 Å². The summed E-state index contributed by atoms with van der Waals surface area (Å²) in [4.78, 5) is 12.7. The lowest BCUT2D eigenvalue weighted by atomic mass is 10.0. The van der Waals surface area contributed by atoms with E-state index < -0.39 is 23.8 Å². The highest BCUT2D eigenvalue weighted by atomic mass is 19.4. The van der Waals surface area contributed by atoms with E-state index in [1.54, 1.807) is 11.5 Å². The van der Waals surface area contributed by atoms with Gasteiger partial charge in [0.1, 0.15) is 6.04 Å². The molecule has 0 spiro atoms. The summed E-state index contributed by atoms with van der Waals surface area (Å²) in [6.45, 7) is 5.34. The summed E-state index contributed by atoms with van der Waals surface area (Å²) in [6, 6.07) is 14.8. The summed E-state index contributed by atoms with van der Waals surface area (Å²) in [7, 11) is 0. The van der Waals surface area contributed by atoms with E-state index in [9.17, 15) is 18.0 Å². The molecule has 0 aliphatic heterocycles. The molecule has 0 saturated heterocycles. The Hall–Kier alpha value is -3.22. The molecule has 1 unspecified atom stereocenters. The molecule has 0 bridgehead atoms. The number of ether oxygens (including phenoxy) is 1. The molecule has 4 nitrogen and oxygen atoms in total. The number of nitrogens with one attached hydrogen (secondary N) is 1. The van der Waals surface area contributed by atoms with Crippen LogP contribution in [-0.4, -0.2) is 16.6 Å². The minimum atomic E-state index is -4.41. The summed E-state index contributed by atoms with van der Waals surface area (Å²) >= 11 is 0. The van der Waals surface area contributed by atoms with E-state index in [0.29, 0.717) is 11.3 Å².